The fourth-order valence-corrected chi connectivity index (χ4v) is 10.3. The minimum atomic E-state index is -1.83. The minimum Gasteiger partial charge on any atom is -0.508 e. The van der Waals surface area contributed by atoms with Gasteiger partial charge in [0.25, 0.3) is 0 Å². The number of carboxylic acids is 2. The Hall–Kier alpha value is -8.71. The number of hydrogen-bond donors (Lipinski definition) is 25. The number of aliphatic hydroxyl groups is 2. The van der Waals surface area contributed by atoms with Gasteiger partial charge in [0.2, 0.25) is 88.6 Å². The van der Waals surface area contributed by atoms with Crippen molar-refractivity contribution in [2.24, 2.45) is 11.7 Å². The van der Waals surface area contributed by atoms with Crippen molar-refractivity contribution in [2.75, 3.05) is 36.1 Å². The number of primary amides is 1. The standard InChI is InChI=1S/C60H94N16O22S4/c1-8-25(2)44(74-51(88)34(15-16-43(82)83)68-55(92)38(22-100)73-59(96)46(30(7)78)76-53(90)36(19-41(61)80)70-50(87)33-10-9-17-62-33)58(95)72-37(21-99)54(91)66-28(5)48(85)69-35(18-31-11-13-32(79)14-12-31)52(89)65-26(3)47(84)64-27(4)49(86)71-39(23-101)56(93)75-45(29(6)77)57(94)63-20-42(81)67-40(24-102)60(97)98/h11-14,25-30,33-40,44-46,62,77-79,99-102H,8-10,15-24H2,1-7H3,(H2,61,80)(H,63,94)(H,64,84)(H,65,89)(H,66,91)(H,67,81)(H,68,92)(H,69,85)(H,70,87)(H,71,86)(H,72,95)(H,73,96)(H,74,88)(H,75,93)(H,76,90)(H,82,83)(H,97,98). The molecule has 0 aromatic heterocycles. The molecule has 0 saturated carbocycles. The van der Waals surface area contributed by atoms with Crippen LogP contribution in [0, 0.1) is 5.92 Å². The summed E-state index contributed by atoms with van der Waals surface area (Å²) in [6, 6.07) is -15.6. The Morgan fingerprint density at radius 2 is 0.892 bits per heavy atom. The SMILES string of the molecule is CCC(C)C(NC(=O)C(CCC(=O)O)NC(=O)C(CS)NC(=O)C(NC(=O)C(CC(N)=O)NC(=O)C1CCCN1)C(C)O)C(=O)NC(CS)C(=O)NC(C)C(=O)NC(Cc1ccc(O)cc1)C(=O)NC(C)C(=O)NC(C)C(=O)NC(CS)C(=O)NC(C(=O)NCC(=O)NC(CS)C(=O)O)C(C)O. The molecule has 22 N–H and O–H groups in total. The second-order valence-corrected chi connectivity index (χ2v) is 25.4. The average molecular weight is 1520 g/mol. The summed E-state index contributed by atoms with van der Waals surface area (Å²) in [6.07, 6.45) is -4.24. The third-order valence-electron chi connectivity index (χ3n) is 15.6. The molecule has 1 aliphatic rings. The predicted molar refractivity (Wildman–Crippen MR) is 375 cm³/mol. The minimum absolute atomic E-state index is 0.150. The first kappa shape index (κ1) is 89.4. The highest BCUT2D eigenvalue weighted by Gasteiger charge is 2.39. The van der Waals surface area contributed by atoms with Crippen LogP contribution in [-0.2, 0) is 87.9 Å². The molecule has 1 aromatic carbocycles. The van der Waals surface area contributed by atoms with E-state index in [9.17, 15) is 102 Å². The molecule has 1 fully saturated rings. The lowest BCUT2D eigenvalue weighted by Gasteiger charge is -2.29. The third-order valence-corrected chi connectivity index (χ3v) is 17.0. The number of phenolic OH excluding ortho intramolecular Hbond substituents is 1. The maximum absolute atomic E-state index is 14.1. The van der Waals surface area contributed by atoms with E-state index in [0.29, 0.717) is 24.9 Å². The van der Waals surface area contributed by atoms with Crippen molar-refractivity contribution in [1.82, 2.24) is 79.8 Å². The fraction of sp³-hybridized carbons (Fsp3) is 0.617. The number of aromatic hydroxyl groups is 1. The zero-order valence-electron chi connectivity index (χ0n) is 56.9. The number of carbonyl (C=O) groups is 17. The average Bonchev–Trinajstić information content (AvgIpc) is 0.935. The monoisotopic (exact) mass is 1520 g/mol. The van der Waals surface area contributed by atoms with E-state index < -0.39 is 241 Å². The molecule has 42 heteroatoms. The van der Waals surface area contributed by atoms with Gasteiger partial charge in [0.1, 0.15) is 84.3 Å². The van der Waals surface area contributed by atoms with Gasteiger partial charge in [-0.05, 0) is 84.0 Å². The Morgan fingerprint density at radius 3 is 1.34 bits per heavy atom. The number of phenols is 1. The second kappa shape index (κ2) is 44.6. The summed E-state index contributed by atoms with van der Waals surface area (Å²) in [4.78, 5) is 223. The molecule has 0 bridgehead atoms. The van der Waals surface area contributed by atoms with E-state index >= 15 is 0 Å². The molecule has 0 spiro atoms. The van der Waals surface area contributed by atoms with Gasteiger partial charge in [-0.25, -0.2) is 4.79 Å². The number of carbonyl (C=O) groups excluding carboxylic acids is 15. The molecule has 1 aliphatic heterocycles. The lowest BCUT2D eigenvalue weighted by molar-refractivity contribution is -0.141. The van der Waals surface area contributed by atoms with Crippen molar-refractivity contribution in [2.45, 2.75) is 190 Å². The van der Waals surface area contributed by atoms with E-state index in [0.717, 1.165) is 13.8 Å². The van der Waals surface area contributed by atoms with Crippen LogP contribution in [0.3, 0.4) is 0 Å². The number of carboxylic acid groups (broad SMARTS) is 2. The van der Waals surface area contributed by atoms with E-state index in [2.05, 4.69) is 130 Å². The van der Waals surface area contributed by atoms with Gasteiger partial charge in [0.15, 0.2) is 0 Å². The smallest absolute Gasteiger partial charge is 0.327 e. The number of rotatable bonds is 44. The summed E-state index contributed by atoms with van der Waals surface area (Å²) in [5.74, 6) is -20.3. The van der Waals surface area contributed by atoms with Crippen molar-refractivity contribution in [1.29, 1.82) is 0 Å². The van der Waals surface area contributed by atoms with Gasteiger partial charge in [-0.2, -0.15) is 50.5 Å². The lowest BCUT2D eigenvalue weighted by Crippen LogP contribution is -2.62. The zero-order chi connectivity index (χ0) is 77.4. The summed E-state index contributed by atoms with van der Waals surface area (Å²) in [7, 11) is 0. The van der Waals surface area contributed by atoms with E-state index in [1.807, 2.05) is 0 Å². The lowest BCUT2D eigenvalue weighted by atomic mass is 9.97. The number of aliphatic hydroxyl groups excluding tert-OH is 2. The van der Waals surface area contributed by atoms with Gasteiger partial charge < -0.3 is 111 Å². The highest BCUT2D eigenvalue weighted by atomic mass is 32.1. The van der Waals surface area contributed by atoms with E-state index in [1.54, 1.807) is 6.92 Å². The topological polar surface area (TPSA) is 598 Å². The molecule has 0 aliphatic carbocycles. The molecular formula is C60H94N16O22S4. The molecule has 17 unspecified atom stereocenters. The van der Waals surface area contributed by atoms with Gasteiger partial charge >= 0.3 is 11.9 Å². The van der Waals surface area contributed by atoms with Crippen LogP contribution in [0.15, 0.2) is 24.3 Å². The Balaban J connectivity index is 2.22. The van der Waals surface area contributed by atoms with Crippen LogP contribution in [0.4, 0.5) is 0 Å². The summed E-state index contributed by atoms with van der Waals surface area (Å²) in [5.41, 5.74) is 5.70. The Morgan fingerprint density at radius 1 is 0.490 bits per heavy atom. The molecule has 1 saturated heterocycles. The first-order valence-corrected chi connectivity index (χ1v) is 34.6. The van der Waals surface area contributed by atoms with Crippen LogP contribution in [0.1, 0.15) is 92.6 Å². The molecule has 102 heavy (non-hydrogen) atoms. The van der Waals surface area contributed by atoms with Crippen molar-refractivity contribution in [3.05, 3.63) is 29.8 Å². The summed E-state index contributed by atoms with van der Waals surface area (Å²) < 4.78 is 0. The molecule has 0 radical (unpaired) electrons. The van der Waals surface area contributed by atoms with E-state index in [-0.39, 0.29) is 30.1 Å². The largest absolute Gasteiger partial charge is 0.508 e. The van der Waals surface area contributed by atoms with Crippen molar-refractivity contribution in [3.63, 3.8) is 0 Å². The van der Waals surface area contributed by atoms with Gasteiger partial charge in [-0.3, -0.25) is 76.7 Å². The van der Waals surface area contributed by atoms with Crippen LogP contribution in [0.2, 0.25) is 0 Å². The number of hydrogen-bond acceptors (Lipinski definition) is 25. The number of nitrogens with one attached hydrogen (secondary N) is 15. The van der Waals surface area contributed by atoms with Crippen LogP contribution in [-0.4, -0.2) is 259 Å². The predicted octanol–water partition coefficient (Wildman–Crippen LogP) is -8.48. The molecule has 1 heterocycles. The maximum Gasteiger partial charge on any atom is 0.327 e. The van der Waals surface area contributed by atoms with Crippen LogP contribution in [0.25, 0.3) is 0 Å². The first-order chi connectivity index (χ1) is 47.8. The highest BCUT2D eigenvalue weighted by Crippen LogP contribution is 2.15. The van der Waals surface area contributed by atoms with E-state index in [4.69, 9.17) is 10.8 Å². The van der Waals surface area contributed by atoms with Crippen LogP contribution < -0.4 is 85.5 Å². The number of nitrogens with two attached hydrogens (primary N) is 1. The normalized spacial score (nSPS) is 17.2. The molecule has 17 atom stereocenters. The Bertz CT molecular complexity index is 3150. The molecule has 15 amide bonds. The van der Waals surface area contributed by atoms with Gasteiger partial charge in [0, 0.05) is 35.9 Å². The van der Waals surface area contributed by atoms with Crippen LogP contribution >= 0.6 is 50.5 Å². The van der Waals surface area contributed by atoms with Crippen LogP contribution in [0.5, 0.6) is 5.75 Å². The van der Waals surface area contributed by atoms with Gasteiger partial charge in [0.05, 0.1) is 31.2 Å². The maximum atomic E-state index is 14.1. The highest BCUT2D eigenvalue weighted by molar-refractivity contribution is 7.80. The summed E-state index contributed by atoms with van der Waals surface area (Å²) >= 11 is 16.3. The number of amides is 15. The first-order valence-electron chi connectivity index (χ1n) is 32.1. The molecule has 1 aromatic rings. The molecule has 2 rings (SSSR count). The van der Waals surface area contributed by atoms with Gasteiger partial charge in [-0.15, -0.1) is 0 Å². The molecule has 570 valence electrons. The summed E-state index contributed by atoms with van der Waals surface area (Å²) in [5, 5.41) is 85.1. The van der Waals surface area contributed by atoms with Crippen molar-refractivity contribution in [3.8, 4) is 5.75 Å². The summed E-state index contributed by atoms with van der Waals surface area (Å²) in [6.45, 7) is 8.83. The number of aliphatic carboxylic acids is 2. The Labute approximate surface area is 608 Å². The zero-order valence-corrected chi connectivity index (χ0v) is 60.4. The van der Waals surface area contributed by atoms with Gasteiger partial charge in [-0.1, -0.05) is 32.4 Å². The molecular weight excluding hydrogens is 1430 g/mol. The van der Waals surface area contributed by atoms with Crippen molar-refractivity contribution < 1.29 is 107 Å². The fourth-order valence-electron chi connectivity index (χ4n) is 9.32. The second-order valence-electron chi connectivity index (χ2n) is 23.9. The van der Waals surface area contributed by atoms with Crippen molar-refractivity contribution >= 4 is 151 Å². The quantitative estimate of drug-likeness (QED) is 0.0270. The number of thiol groups is 4. The molecule has 38 nitrogen and oxygen atoms in total. The number of benzene rings is 1. The third kappa shape index (κ3) is 30.5. The Kier molecular flexibility index (Phi) is 39.1. The van der Waals surface area contributed by atoms with E-state index in [1.165, 1.54) is 52.0 Å².